The summed E-state index contributed by atoms with van der Waals surface area (Å²) in [6.07, 6.45) is 3.22. The zero-order chi connectivity index (χ0) is 9.42. The summed E-state index contributed by atoms with van der Waals surface area (Å²) in [5.74, 6) is 1.28. The van der Waals surface area contributed by atoms with Crippen molar-refractivity contribution in [3.05, 3.63) is 0 Å². The predicted octanol–water partition coefficient (Wildman–Crippen LogP) is 1.87. The minimum absolute atomic E-state index is 0.187. The fraction of sp³-hybridized carbons (Fsp3) is 0.900. The molecular formula is C10H16ClNO. The average Bonchev–Trinajstić information content (AvgIpc) is 2.81. The molecule has 0 spiro atoms. The van der Waals surface area contributed by atoms with Crippen LogP contribution in [0.5, 0.6) is 0 Å². The summed E-state index contributed by atoms with van der Waals surface area (Å²) >= 11 is 6.02. The van der Waals surface area contributed by atoms with Gasteiger partial charge in [-0.3, -0.25) is 4.79 Å². The molecule has 0 bridgehead atoms. The maximum Gasteiger partial charge on any atom is 0.226 e. The van der Waals surface area contributed by atoms with E-state index in [-0.39, 0.29) is 5.38 Å². The first-order valence-electron chi connectivity index (χ1n) is 5.11. The van der Waals surface area contributed by atoms with E-state index >= 15 is 0 Å². The lowest BCUT2D eigenvalue weighted by molar-refractivity contribution is -0.133. The fourth-order valence-corrected chi connectivity index (χ4v) is 2.35. The highest BCUT2D eigenvalue weighted by Gasteiger charge is 2.42. The molecule has 3 heteroatoms. The van der Waals surface area contributed by atoms with Crippen molar-refractivity contribution in [2.24, 2.45) is 11.8 Å². The van der Waals surface area contributed by atoms with Gasteiger partial charge in [0, 0.05) is 19.0 Å². The number of hydrogen-bond acceptors (Lipinski definition) is 1. The Bertz CT molecular complexity index is 219. The molecule has 0 aromatic carbocycles. The summed E-state index contributed by atoms with van der Waals surface area (Å²) in [6, 6.07) is 0. The summed E-state index contributed by atoms with van der Waals surface area (Å²) in [6.45, 7) is 3.83. The van der Waals surface area contributed by atoms with Gasteiger partial charge in [0.25, 0.3) is 0 Å². The van der Waals surface area contributed by atoms with Gasteiger partial charge in [-0.05, 0) is 25.2 Å². The highest BCUT2D eigenvalue weighted by molar-refractivity contribution is 6.20. The largest absolute Gasteiger partial charge is 0.341 e. The molecule has 1 aliphatic carbocycles. The summed E-state index contributed by atoms with van der Waals surface area (Å²) in [5, 5.41) is 0.187. The van der Waals surface area contributed by atoms with Crippen LogP contribution in [-0.4, -0.2) is 29.3 Å². The molecule has 1 saturated heterocycles. The SMILES string of the molecule is CC1CC1C(=O)N1CCCC(Cl)C1. The Morgan fingerprint density at radius 2 is 2.23 bits per heavy atom. The summed E-state index contributed by atoms with van der Waals surface area (Å²) < 4.78 is 0. The van der Waals surface area contributed by atoms with E-state index in [0.717, 1.165) is 32.4 Å². The van der Waals surface area contributed by atoms with E-state index in [2.05, 4.69) is 6.92 Å². The van der Waals surface area contributed by atoms with Crippen LogP contribution in [-0.2, 0) is 4.79 Å². The molecule has 0 aromatic heterocycles. The van der Waals surface area contributed by atoms with Crippen LogP contribution in [0.4, 0.5) is 0 Å². The van der Waals surface area contributed by atoms with Crippen LogP contribution in [0.1, 0.15) is 26.2 Å². The molecular weight excluding hydrogens is 186 g/mol. The van der Waals surface area contributed by atoms with Crippen LogP contribution in [0.25, 0.3) is 0 Å². The molecule has 2 fully saturated rings. The molecule has 0 radical (unpaired) electrons. The number of nitrogens with zero attached hydrogens (tertiary/aromatic N) is 1. The quantitative estimate of drug-likeness (QED) is 0.594. The standard InChI is InChI=1S/C10H16ClNO/c1-7-5-9(7)10(13)12-4-2-3-8(11)6-12/h7-9H,2-6H2,1H3. The van der Waals surface area contributed by atoms with Crippen LogP contribution < -0.4 is 0 Å². The van der Waals surface area contributed by atoms with Gasteiger partial charge in [-0.15, -0.1) is 11.6 Å². The van der Waals surface area contributed by atoms with Crippen molar-refractivity contribution in [1.29, 1.82) is 0 Å². The van der Waals surface area contributed by atoms with E-state index in [1.165, 1.54) is 0 Å². The maximum absolute atomic E-state index is 11.8. The highest BCUT2D eigenvalue weighted by atomic mass is 35.5. The first-order chi connectivity index (χ1) is 6.18. The Morgan fingerprint density at radius 1 is 1.54 bits per heavy atom. The average molecular weight is 202 g/mol. The lowest BCUT2D eigenvalue weighted by atomic mass is 10.1. The van der Waals surface area contributed by atoms with Gasteiger partial charge >= 0.3 is 0 Å². The van der Waals surface area contributed by atoms with E-state index in [1.54, 1.807) is 0 Å². The minimum atomic E-state index is 0.187. The Hall–Kier alpha value is -0.240. The number of halogens is 1. The first kappa shape index (κ1) is 9.32. The van der Waals surface area contributed by atoms with Gasteiger partial charge in [-0.25, -0.2) is 0 Å². The molecule has 2 nitrogen and oxygen atoms in total. The number of rotatable bonds is 1. The number of piperidine rings is 1. The third kappa shape index (κ3) is 1.98. The molecule has 3 unspecified atom stereocenters. The van der Waals surface area contributed by atoms with Crippen molar-refractivity contribution in [1.82, 2.24) is 4.90 Å². The Balaban J connectivity index is 1.88. The second-order valence-electron chi connectivity index (χ2n) is 4.34. The van der Waals surface area contributed by atoms with Gasteiger partial charge in [0.05, 0.1) is 5.38 Å². The number of hydrogen-bond donors (Lipinski definition) is 0. The number of likely N-dealkylation sites (tertiary alicyclic amines) is 1. The molecule has 2 rings (SSSR count). The van der Waals surface area contributed by atoms with Crippen LogP contribution in [0.3, 0.4) is 0 Å². The lowest BCUT2D eigenvalue weighted by Gasteiger charge is -2.30. The number of alkyl halides is 1. The molecule has 3 atom stereocenters. The third-order valence-electron chi connectivity index (χ3n) is 3.10. The Labute approximate surface area is 84.2 Å². The Kier molecular flexibility index (Phi) is 2.50. The molecule has 0 aromatic rings. The monoisotopic (exact) mass is 201 g/mol. The van der Waals surface area contributed by atoms with Crippen LogP contribution >= 0.6 is 11.6 Å². The predicted molar refractivity (Wildman–Crippen MR) is 52.7 cm³/mol. The highest BCUT2D eigenvalue weighted by Crippen LogP contribution is 2.39. The van der Waals surface area contributed by atoms with E-state index in [0.29, 0.717) is 17.7 Å². The fourth-order valence-electron chi connectivity index (χ4n) is 2.03. The molecule has 2 aliphatic rings. The third-order valence-corrected chi connectivity index (χ3v) is 3.46. The normalized spacial score (nSPS) is 38.9. The molecule has 0 N–H and O–H groups in total. The topological polar surface area (TPSA) is 20.3 Å². The van der Waals surface area contributed by atoms with Crippen molar-refractivity contribution in [3.63, 3.8) is 0 Å². The van der Waals surface area contributed by atoms with Gasteiger partial charge in [0.15, 0.2) is 0 Å². The van der Waals surface area contributed by atoms with Crippen molar-refractivity contribution >= 4 is 17.5 Å². The van der Waals surface area contributed by atoms with Crippen LogP contribution in [0.15, 0.2) is 0 Å². The maximum atomic E-state index is 11.8. The number of carbonyl (C=O) groups excluding carboxylic acids is 1. The van der Waals surface area contributed by atoms with Gasteiger partial charge in [-0.2, -0.15) is 0 Å². The summed E-state index contributed by atoms with van der Waals surface area (Å²) in [7, 11) is 0. The molecule has 1 aliphatic heterocycles. The molecule has 1 amide bonds. The van der Waals surface area contributed by atoms with E-state index < -0.39 is 0 Å². The molecule has 74 valence electrons. The van der Waals surface area contributed by atoms with Crippen molar-refractivity contribution < 1.29 is 4.79 Å². The molecule has 13 heavy (non-hydrogen) atoms. The first-order valence-corrected chi connectivity index (χ1v) is 5.55. The van der Waals surface area contributed by atoms with Crippen molar-refractivity contribution in [2.75, 3.05) is 13.1 Å². The lowest BCUT2D eigenvalue weighted by Crippen LogP contribution is -2.41. The van der Waals surface area contributed by atoms with Crippen LogP contribution in [0, 0.1) is 11.8 Å². The smallest absolute Gasteiger partial charge is 0.226 e. The molecule has 1 saturated carbocycles. The second-order valence-corrected chi connectivity index (χ2v) is 4.96. The summed E-state index contributed by atoms with van der Waals surface area (Å²) in [5.41, 5.74) is 0. The second kappa shape index (κ2) is 3.49. The van der Waals surface area contributed by atoms with Crippen molar-refractivity contribution in [3.8, 4) is 0 Å². The zero-order valence-electron chi connectivity index (χ0n) is 8.00. The Morgan fingerprint density at radius 3 is 2.77 bits per heavy atom. The van der Waals surface area contributed by atoms with E-state index in [1.807, 2.05) is 4.90 Å². The van der Waals surface area contributed by atoms with Gasteiger partial charge in [0.2, 0.25) is 5.91 Å². The number of carbonyl (C=O) groups is 1. The van der Waals surface area contributed by atoms with Gasteiger partial charge in [-0.1, -0.05) is 6.92 Å². The molecule has 1 heterocycles. The van der Waals surface area contributed by atoms with Crippen LogP contribution in [0.2, 0.25) is 0 Å². The van der Waals surface area contributed by atoms with Crippen molar-refractivity contribution in [2.45, 2.75) is 31.6 Å². The minimum Gasteiger partial charge on any atom is -0.341 e. The van der Waals surface area contributed by atoms with Gasteiger partial charge < -0.3 is 4.90 Å². The van der Waals surface area contributed by atoms with E-state index in [9.17, 15) is 4.79 Å². The van der Waals surface area contributed by atoms with E-state index in [4.69, 9.17) is 11.6 Å². The zero-order valence-corrected chi connectivity index (χ0v) is 8.76. The van der Waals surface area contributed by atoms with Gasteiger partial charge in [0.1, 0.15) is 0 Å². The summed E-state index contributed by atoms with van der Waals surface area (Å²) in [4.78, 5) is 13.7. The number of amides is 1.